The molecule has 0 spiro atoms. The summed E-state index contributed by atoms with van der Waals surface area (Å²) < 4.78 is 0. The molecule has 0 aromatic heterocycles. The topological polar surface area (TPSA) is 86.2 Å². The Morgan fingerprint density at radius 2 is 1.35 bits per heavy atom. The Kier molecular flexibility index (Phi) is 7.38. The largest absolute Gasteiger partial charge is 0.322 e. The van der Waals surface area contributed by atoms with Gasteiger partial charge in [-0.2, -0.15) is 0 Å². The van der Waals surface area contributed by atoms with E-state index in [0.29, 0.717) is 24.7 Å². The van der Waals surface area contributed by atoms with Gasteiger partial charge >= 0.3 is 0 Å². The number of carbonyl (C=O) groups is 2. The third-order valence-electron chi connectivity index (χ3n) is 4.51. The molecular formula is C16H30N2O2. The molecule has 1 aliphatic carbocycles. The lowest BCUT2D eigenvalue weighted by Crippen LogP contribution is -2.28. The highest BCUT2D eigenvalue weighted by Gasteiger charge is 2.23. The Hall–Kier alpha value is -0.740. The summed E-state index contributed by atoms with van der Waals surface area (Å²) in [6.07, 6.45) is 7.92. The van der Waals surface area contributed by atoms with Gasteiger partial charge in [-0.25, -0.2) is 0 Å². The summed E-state index contributed by atoms with van der Waals surface area (Å²) in [6.45, 7) is 3.51. The van der Waals surface area contributed by atoms with Crippen LogP contribution in [0.15, 0.2) is 0 Å². The fourth-order valence-corrected chi connectivity index (χ4v) is 3.07. The normalized spacial score (nSPS) is 26.0. The first kappa shape index (κ1) is 17.3. The number of hydrogen-bond acceptors (Lipinski definition) is 4. The SMILES string of the molecule is CC(N)C(=O)CCC1CCCC(CCC(=O)C(C)N)C1. The summed E-state index contributed by atoms with van der Waals surface area (Å²) in [5.74, 6) is 1.59. The van der Waals surface area contributed by atoms with Crippen LogP contribution in [-0.4, -0.2) is 23.7 Å². The van der Waals surface area contributed by atoms with E-state index in [-0.39, 0.29) is 23.7 Å². The minimum absolute atomic E-state index is 0.166. The number of nitrogens with two attached hydrogens (primary N) is 2. The molecule has 116 valence electrons. The van der Waals surface area contributed by atoms with Gasteiger partial charge in [-0.15, -0.1) is 0 Å². The summed E-state index contributed by atoms with van der Waals surface area (Å²) in [4.78, 5) is 23.1. The molecule has 4 nitrogen and oxygen atoms in total. The highest BCUT2D eigenvalue weighted by Crippen LogP contribution is 2.34. The number of carbonyl (C=O) groups excluding carboxylic acids is 2. The summed E-state index contributed by atoms with van der Waals surface area (Å²) in [5.41, 5.74) is 11.2. The van der Waals surface area contributed by atoms with Crippen LogP contribution in [0.1, 0.15) is 65.2 Å². The van der Waals surface area contributed by atoms with Crippen molar-refractivity contribution in [2.24, 2.45) is 23.3 Å². The van der Waals surface area contributed by atoms with Crippen molar-refractivity contribution >= 4 is 11.6 Å². The molecule has 1 aliphatic rings. The van der Waals surface area contributed by atoms with Crippen LogP contribution in [0, 0.1) is 11.8 Å². The first-order chi connectivity index (χ1) is 9.40. The van der Waals surface area contributed by atoms with Crippen molar-refractivity contribution in [1.29, 1.82) is 0 Å². The molecule has 0 radical (unpaired) electrons. The van der Waals surface area contributed by atoms with Crippen LogP contribution in [0.5, 0.6) is 0 Å². The van der Waals surface area contributed by atoms with E-state index >= 15 is 0 Å². The second-order valence-corrected chi connectivity index (χ2v) is 6.49. The zero-order valence-corrected chi connectivity index (χ0v) is 12.9. The lowest BCUT2D eigenvalue weighted by atomic mass is 9.77. The second-order valence-electron chi connectivity index (χ2n) is 6.49. The van der Waals surface area contributed by atoms with Crippen LogP contribution in [-0.2, 0) is 9.59 Å². The fraction of sp³-hybridized carbons (Fsp3) is 0.875. The lowest BCUT2D eigenvalue weighted by Gasteiger charge is -2.29. The van der Waals surface area contributed by atoms with Crippen molar-refractivity contribution < 1.29 is 9.59 Å². The van der Waals surface area contributed by atoms with E-state index in [2.05, 4.69) is 0 Å². The molecule has 1 fully saturated rings. The van der Waals surface area contributed by atoms with Crippen LogP contribution < -0.4 is 11.5 Å². The van der Waals surface area contributed by atoms with Gasteiger partial charge in [0.2, 0.25) is 0 Å². The quantitative estimate of drug-likeness (QED) is 0.714. The van der Waals surface area contributed by atoms with Gasteiger partial charge in [-0.1, -0.05) is 19.3 Å². The second kappa shape index (κ2) is 8.53. The Bertz CT molecular complexity index is 296. The molecule has 4 unspecified atom stereocenters. The zero-order valence-electron chi connectivity index (χ0n) is 12.9. The van der Waals surface area contributed by atoms with E-state index in [0.717, 1.165) is 19.3 Å². The molecule has 0 bridgehead atoms. The summed E-state index contributed by atoms with van der Waals surface area (Å²) in [7, 11) is 0. The molecule has 4 atom stereocenters. The van der Waals surface area contributed by atoms with Gasteiger partial charge in [0.05, 0.1) is 12.1 Å². The molecule has 4 N–H and O–H groups in total. The molecule has 0 amide bonds. The molecule has 0 saturated heterocycles. The number of rotatable bonds is 8. The van der Waals surface area contributed by atoms with Gasteiger partial charge in [-0.05, 0) is 44.9 Å². The van der Waals surface area contributed by atoms with Gasteiger partial charge in [-0.3, -0.25) is 9.59 Å². The summed E-state index contributed by atoms with van der Waals surface area (Å²) >= 11 is 0. The zero-order chi connectivity index (χ0) is 15.1. The van der Waals surface area contributed by atoms with E-state index in [1.54, 1.807) is 13.8 Å². The number of Topliss-reactive ketones (excluding diaryl/α,β-unsaturated/α-hetero) is 2. The van der Waals surface area contributed by atoms with E-state index in [1.807, 2.05) is 0 Å². The van der Waals surface area contributed by atoms with Gasteiger partial charge < -0.3 is 11.5 Å². The maximum atomic E-state index is 11.6. The molecular weight excluding hydrogens is 252 g/mol. The Labute approximate surface area is 122 Å². The first-order valence-corrected chi connectivity index (χ1v) is 7.96. The van der Waals surface area contributed by atoms with Crippen LogP contribution in [0.4, 0.5) is 0 Å². The van der Waals surface area contributed by atoms with Crippen molar-refractivity contribution in [3.8, 4) is 0 Å². The molecule has 1 saturated carbocycles. The maximum Gasteiger partial charge on any atom is 0.149 e. The van der Waals surface area contributed by atoms with E-state index in [4.69, 9.17) is 11.5 Å². The highest BCUT2D eigenvalue weighted by molar-refractivity contribution is 5.83. The predicted octanol–water partition coefficient (Wildman–Crippen LogP) is 2.19. The average Bonchev–Trinajstić information content (AvgIpc) is 2.42. The van der Waals surface area contributed by atoms with Crippen LogP contribution in [0.2, 0.25) is 0 Å². The average molecular weight is 282 g/mol. The first-order valence-electron chi connectivity index (χ1n) is 7.96. The van der Waals surface area contributed by atoms with E-state index in [1.165, 1.54) is 19.3 Å². The van der Waals surface area contributed by atoms with E-state index in [9.17, 15) is 9.59 Å². The molecule has 4 heteroatoms. The maximum absolute atomic E-state index is 11.6. The minimum Gasteiger partial charge on any atom is -0.322 e. The van der Waals surface area contributed by atoms with Crippen LogP contribution in [0.25, 0.3) is 0 Å². The Morgan fingerprint density at radius 3 is 1.70 bits per heavy atom. The molecule has 1 rings (SSSR count). The molecule has 0 aromatic carbocycles. The predicted molar refractivity (Wildman–Crippen MR) is 81.2 cm³/mol. The van der Waals surface area contributed by atoms with Gasteiger partial charge in [0, 0.05) is 12.8 Å². The standard InChI is InChI=1S/C16H30N2O2/c1-11(17)15(19)8-6-13-4-3-5-14(10-13)7-9-16(20)12(2)18/h11-14H,3-10,17-18H2,1-2H3. The summed E-state index contributed by atoms with van der Waals surface area (Å²) in [6, 6.07) is -0.670. The van der Waals surface area contributed by atoms with E-state index < -0.39 is 0 Å². The van der Waals surface area contributed by atoms with Crippen LogP contribution >= 0.6 is 0 Å². The molecule has 0 aromatic rings. The molecule has 0 heterocycles. The Morgan fingerprint density at radius 1 is 0.950 bits per heavy atom. The number of hydrogen-bond donors (Lipinski definition) is 2. The monoisotopic (exact) mass is 282 g/mol. The van der Waals surface area contributed by atoms with Gasteiger partial charge in [0.1, 0.15) is 11.6 Å². The molecule has 20 heavy (non-hydrogen) atoms. The Balaban J connectivity index is 2.28. The van der Waals surface area contributed by atoms with Crippen molar-refractivity contribution in [2.45, 2.75) is 77.3 Å². The van der Waals surface area contributed by atoms with Crippen molar-refractivity contribution in [3.63, 3.8) is 0 Å². The van der Waals surface area contributed by atoms with Gasteiger partial charge in [0.15, 0.2) is 0 Å². The molecule has 0 aliphatic heterocycles. The smallest absolute Gasteiger partial charge is 0.149 e. The fourth-order valence-electron chi connectivity index (χ4n) is 3.07. The highest BCUT2D eigenvalue weighted by atomic mass is 16.1. The number of ketones is 2. The van der Waals surface area contributed by atoms with Crippen LogP contribution in [0.3, 0.4) is 0 Å². The lowest BCUT2D eigenvalue weighted by molar-refractivity contribution is -0.120. The third kappa shape index (κ3) is 6.14. The third-order valence-corrected chi connectivity index (χ3v) is 4.51. The minimum atomic E-state index is -0.335. The van der Waals surface area contributed by atoms with Crippen molar-refractivity contribution in [1.82, 2.24) is 0 Å². The van der Waals surface area contributed by atoms with Crippen molar-refractivity contribution in [2.75, 3.05) is 0 Å². The van der Waals surface area contributed by atoms with Crippen molar-refractivity contribution in [3.05, 3.63) is 0 Å². The van der Waals surface area contributed by atoms with Gasteiger partial charge in [0.25, 0.3) is 0 Å². The summed E-state index contributed by atoms with van der Waals surface area (Å²) in [5, 5.41) is 0.